The van der Waals surface area contributed by atoms with Crippen LogP contribution in [-0.4, -0.2) is 26.6 Å². The van der Waals surface area contributed by atoms with Crippen LogP contribution in [0, 0.1) is 32.1 Å². The third-order valence-electron chi connectivity index (χ3n) is 4.40. The Kier molecular flexibility index (Phi) is 5.67. The molecule has 0 saturated carbocycles. The van der Waals surface area contributed by atoms with E-state index >= 15 is 0 Å². The predicted octanol–water partition coefficient (Wildman–Crippen LogP) is 3.86. The maximum absolute atomic E-state index is 12.3. The molecular formula is C20H21N5OS. The van der Waals surface area contributed by atoms with Gasteiger partial charge in [0.05, 0.1) is 17.0 Å². The van der Waals surface area contributed by atoms with Crippen molar-refractivity contribution in [1.29, 1.82) is 5.26 Å². The molecule has 0 unspecified atom stereocenters. The van der Waals surface area contributed by atoms with Crippen molar-refractivity contribution in [3.8, 4) is 6.07 Å². The molecule has 138 valence electrons. The predicted molar refractivity (Wildman–Crippen MR) is 107 cm³/mol. The minimum absolute atomic E-state index is 0.185. The van der Waals surface area contributed by atoms with Crippen LogP contribution in [0.15, 0.2) is 35.5 Å². The van der Waals surface area contributed by atoms with Crippen molar-refractivity contribution < 1.29 is 4.79 Å². The number of nitrogens with one attached hydrogen (secondary N) is 3. The summed E-state index contributed by atoms with van der Waals surface area (Å²) >= 11 is 1.33. The first-order valence-electron chi connectivity index (χ1n) is 8.59. The van der Waals surface area contributed by atoms with Gasteiger partial charge in [-0.25, -0.2) is 4.98 Å². The van der Waals surface area contributed by atoms with Crippen LogP contribution in [0.5, 0.6) is 0 Å². The quantitative estimate of drug-likeness (QED) is 0.567. The normalized spacial score (nSPS) is 10.6. The Morgan fingerprint density at radius 2 is 1.96 bits per heavy atom. The molecule has 0 radical (unpaired) electrons. The van der Waals surface area contributed by atoms with Crippen LogP contribution >= 0.6 is 11.8 Å². The van der Waals surface area contributed by atoms with E-state index < -0.39 is 0 Å². The van der Waals surface area contributed by atoms with E-state index in [2.05, 4.69) is 26.3 Å². The molecule has 2 aromatic heterocycles. The maximum Gasteiger partial charge on any atom is 0.235 e. The summed E-state index contributed by atoms with van der Waals surface area (Å²) < 4.78 is 0. The first-order chi connectivity index (χ1) is 13.0. The zero-order chi connectivity index (χ0) is 19.4. The summed E-state index contributed by atoms with van der Waals surface area (Å²) in [5, 5.41) is 13.0. The zero-order valence-electron chi connectivity index (χ0n) is 15.5. The Bertz CT molecular complexity index is 978. The number of hydrogen-bond acceptors (Lipinski definition) is 4. The van der Waals surface area contributed by atoms with Gasteiger partial charge in [0.1, 0.15) is 11.9 Å². The summed E-state index contributed by atoms with van der Waals surface area (Å²) in [5.74, 6) is 0.484. The fourth-order valence-corrected chi connectivity index (χ4v) is 3.52. The Morgan fingerprint density at radius 1 is 1.22 bits per heavy atom. The molecule has 0 saturated heterocycles. The number of carbonyl (C=O) groups is 1. The van der Waals surface area contributed by atoms with Gasteiger partial charge in [-0.15, -0.1) is 0 Å². The van der Waals surface area contributed by atoms with E-state index in [4.69, 9.17) is 0 Å². The molecule has 3 N–H and O–H groups in total. The Hall–Kier alpha value is -2.98. The van der Waals surface area contributed by atoms with E-state index in [1.54, 1.807) is 0 Å². The minimum atomic E-state index is -0.185. The van der Waals surface area contributed by atoms with Crippen LogP contribution < -0.4 is 5.32 Å². The van der Waals surface area contributed by atoms with Crippen LogP contribution in [0.25, 0.3) is 0 Å². The van der Waals surface area contributed by atoms with E-state index in [0.29, 0.717) is 23.0 Å². The number of imidazole rings is 1. The molecule has 0 aliphatic carbocycles. The molecule has 0 aliphatic rings. The molecule has 1 amide bonds. The highest BCUT2D eigenvalue weighted by Crippen LogP contribution is 2.25. The summed E-state index contributed by atoms with van der Waals surface area (Å²) in [6.07, 6.45) is 0.678. The Balaban J connectivity index is 1.69. The van der Waals surface area contributed by atoms with Crippen LogP contribution in [0.3, 0.4) is 0 Å². The van der Waals surface area contributed by atoms with Gasteiger partial charge in [-0.1, -0.05) is 42.1 Å². The third kappa shape index (κ3) is 4.41. The number of benzene rings is 1. The van der Waals surface area contributed by atoms with Gasteiger partial charge in [-0.3, -0.25) is 4.79 Å². The van der Waals surface area contributed by atoms with Crippen molar-refractivity contribution in [3.63, 3.8) is 0 Å². The molecule has 0 aliphatic heterocycles. The highest BCUT2D eigenvalue weighted by atomic mass is 32.2. The van der Waals surface area contributed by atoms with Crippen molar-refractivity contribution in [2.75, 3.05) is 11.1 Å². The van der Waals surface area contributed by atoms with Crippen LogP contribution in [0.1, 0.15) is 33.8 Å². The number of H-pyrrole nitrogens is 2. The van der Waals surface area contributed by atoms with Gasteiger partial charge in [-0.05, 0) is 31.9 Å². The zero-order valence-corrected chi connectivity index (χ0v) is 16.3. The molecule has 7 heteroatoms. The number of aromatic nitrogens is 3. The first kappa shape index (κ1) is 18.8. The number of hydrogen-bond donors (Lipinski definition) is 3. The highest BCUT2D eigenvalue weighted by Gasteiger charge is 2.17. The Morgan fingerprint density at radius 3 is 2.59 bits per heavy atom. The molecule has 2 heterocycles. The number of aromatic amines is 2. The molecule has 27 heavy (non-hydrogen) atoms. The standard InChI is InChI=1S/C20H21N5OS/c1-12-16(10-21)19(24-17(12)9-15-7-5-4-6-8-15)25-18(26)11-27-20-22-13(2)14(3)23-20/h4-8,24H,9,11H2,1-3H3,(H,22,23)(H,25,26). The minimum Gasteiger partial charge on any atom is -0.344 e. The highest BCUT2D eigenvalue weighted by molar-refractivity contribution is 7.99. The smallest absolute Gasteiger partial charge is 0.235 e. The summed E-state index contributed by atoms with van der Waals surface area (Å²) in [6, 6.07) is 12.2. The van der Waals surface area contributed by atoms with Gasteiger partial charge in [-0.2, -0.15) is 5.26 Å². The van der Waals surface area contributed by atoms with E-state index in [1.807, 2.05) is 51.1 Å². The van der Waals surface area contributed by atoms with Gasteiger partial charge in [0.25, 0.3) is 0 Å². The third-order valence-corrected chi connectivity index (χ3v) is 5.27. The summed E-state index contributed by atoms with van der Waals surface area (Å²) in [6.45, 7) is 5.76. The van der Waals surface area contributed by atoms with Gasteiger partial charge in [0.2, 0.25) is 5.91 Å². The second kappa shape index (κ2) is 8.14. The topological polar surface area (TPSA) is 97.4 Å². The number of nitriles is 1. The molecule has 0 bridgehead atoms. The molecule has 3 aromatic rings. The lowest BCUT2D eigenvalue weighted by atomic mass is 10.1. The van der Waals surface area contributed by atoms with E-state index in [0.717, 1.165) is 28.2 Å². The van der Waals surface area contributed by atoms with E-state index in [1.165, 1.54) is 11.8 Å². The van der Waals surface area contributed by atoms with Gasteiger partial charge in [0, 0.05) is 17.8 Å². The summed E-state index contributed by atoms with van der Waals surface area (Å²) in [7, 11) is 0. The molecular weight excluding hydrogens is 358 g/mol. The fraction of sp³-hybridized carbons (Fsp3) is 0.250. The van der Waals surface area contributed by atoms with Crippen molar-refractivity contribution in [2.45, 2.75) is 32.3 Å². The average Bonchev–Trinajstić information content (AvgIpc) is 3.13. The number of rotatable bonds is 6. The fourth-order valence-electron chi connectivity index (χ4n) is 2.75. The van der Waals surface area contributed by atoms with E-state index in [-0.39, 0.29) is 11.7 Å². The van der Waals surface area contributed by atoms with Crippen molar-refractivity contribution in [1.82, 2.24) is 15.0 Å². The van der Waals surface area contributed by atoms with Crippen molar-refractivity contribution >= 4 is 23.5 Å². The average molecular weight is 379 g/mol. The molecule has 0 fully saturated rings. The monoisotopic (exact) mass is 379 g/mol. The molecule has 0 atom stereocenters. The second-order valence-electron chi connectivity index (χ2n) is 6.34. The summed E-state index contributed by atoms with van der Waals surface area (Å²) in [5.41, 5.74) is 5.33. The van der Waals surface area contributed by atoms with Gasteiger partial charge >= 0.3 is 0 Å². The second-order valence-corrected chi connectivity index (χ2v) is 7.31. The maximum atomic E-state index is 12.3. The van der Waals surface area contributed by atoms with Crippen LogP contribution in [-0.2, 0) is 11.2 Å². The molecule has 0 spiro atoms. The molecule has 6 nitrogen and oxygen atoms in total. The lowest BCUT2D eigenvalue weighted by molar-refractivity contribution is -0.113. The number of thioether (sulfide) groups is 1. The molecule has 1 aromatic carbocycles. The largest absolute Gasteiger partial charge is 0.344 e. The number of nitrogens with zero attached hydrogens (tertiary/aromatic N) is 2. The lowest BCUT2D eigenvalue weighted by Gasteiger charge is -2.03. The number of amides is 1. The Labute approximate surface area is 162 Å². The number of carbonyl (C=O) groups excluding carboxylic acids is 1. The first-order valence-corrected chi connectivity index (χ1v) is 9.57. The lowest BCUT2D eigenvalue weighted by Crippen LogP contribution is -2.15. The van der Waals surface area contributed by atoms with Crippen molar-refractivity contribution in [3.05, 3.63) is 64.1 Å². The SMILES string of the molecule is Cc1nc(SCC(=O)Nc2[nH]c(Cc3ccccc3)c(C)c2C#N)[nH]c1C. The van der Waals surface area contributed by atoms with Gasteiger partial charge < -0.3 is 15.3 Å². The van der Waals surface area contributed by atoms with E-state index in [9.17, 15) is 10.1 Å². The number of anilines is 1. The number of aryl methyl sites for hydroxylation is 2. The van der Waals surface area contributed by atoms with Gasteiger partial charge in [0.15, 0.2) is 5.16 Å². The van der Waals surface area contributed by atoms with Crippen molar-refractivity contribution in [2.24, 2.45) is 0 Å². The van der Waals surface area contributed by atoms with Crippen LogP contribution in [0.4, 0.5) is 5.82 Å². The molecule has 3 rings (SSSR count). The van der Waals surface area contributed by atoms with Crippen LogP contribution in [0.2, 0.25) is 0 Å². The summed E-state index contributed by atoms with van der Waals surface area (Å²) in [4.78, 5) is 23.0.